The molecule has 0 radical (unpaired) electrons. The minimum absolute atomic E-state index is 0.397. The maximum atomic E-state index is 10.3. The molecule has 0 amide bonds. The van der Waals surface area contributed by atoms with Gasteiger partial charge in [0.2, 0.25) is 6.29 Å². The van der Waals surface area contributed by atoms with Crippen molar-refractivity contribution in [2.24, 2.45) is 5.41 Å². The van der Waals surface area contributed by atoms with E-state index in [1.807, 2.05) is 0 Å². The highest BCUT2D eigenvalue weighted by Gasteiger charge is 2.24. The molecule has 0 aliphatic carbocycles. The van der Waals surface area contributed by atoms with Crippen molar-refractivity contribution >= 4 is 5.97 Å². The summed E-state index contributed by atoms with van der Waals surface area (Å²) in [7, 11) is 0. The van der Waals surface area contributed by atoms with Crippen molar-refractivity contribution in [3.8, 4) is 0 Å². The molecule has 0 aliphatic heterocycles. The van der Waals surface area contributed by atoms with E-state index < -0.39 is 17.7 Å². The lowest BCUT2D eigenvalue weighted by molar-refractivity contribution is -0.183. The fraction of sp³-hybridized carbons (Fsp3) is 0.857. The Hall–Kier alpha value is -0.570. The first-order valence-electron chi connectivity index (χ1n) is 3.19. The van der Waals surface area contributed by atoms with Crippen LogP contribution in [0.25, 0.3) is 0 Å². The summed E-state index contributed by atoms with van der Waals surface area (Å²) < 4.78 is 4.53. The topological polar surface area (TPSA) is 46.5 Å². The minimum Gasteiger partial charge on any atom is -0.436 e. The molecule has 0 aromatic rings. The smallest absolute Gasteiger partial charge is 0.304 e. The van der Waals surface area contributed by atoms with Crippen molar-refractivity contribution in [3.63, 3.8) is 0 Å². The molecule has 3 heteroatoms. The Morgan fingerprint density at radius 3 is 2.00 bits per heavy atom. The minimum atomic E-state index is -1.01. The second-order valence-electron chi connectivity index (χ2n) is 3.33. The van der Waals surface area contributed by atoms with E-state index in [0.717, 1.165) is 0 Å². The van der Waals surface area contributed by atoms with Crippen LogP contribution in [0.2, 0.25) is 0 Å². The van der Waals surface area contributed by atoms with Crippen LogP contribution in [-0.4, -0.2) is 17.4 Å². The van der Waals surface area contributed by atoms with Crippen molar-refractivity contribution in [1.29, 1.82) is 0 Å². The zero-order valence-electron chi connectivity index (χ0n) is 6.84. The van der Waals surface area contributed by atoms with Gasteiger partial charge in [-0.25, -0.2) is 0 Å². The summed E-state index contributed by atoms with van der Waals surface area (Å²) >= 11 is 0. The number of ether oxygens (including phenoxy) is 1. The summed E-state index contributed by atoms with van der Waals surface area (Å²) in [5.74, 6) is -0.456. The maximum absolute atomic E-state index is 10.3. The Morgan fingerprint density at radius 1 is 1.50 bits per heavy atom. The van der Waals surface area contributed by atoms with Crippen molar-refractivity contribution in [1.82, 2.24) is 0 Å². The van der Waals surface area contributed by atoms with Crippen LogP contribution in [-0.2, 0) is 9.53 Å². The summed E-state index contributed by atoms with van der Waals surface area (Å²) in [6, 6.07) is 0. The Kier molecular flexibility index (Phi) is 2.84. The van der Waals surface area contributed by atoms with Gasteiger partial charge in [-0.05, 0) is 0 Å². The first-order valence-corrected chi connectivity index (χ1v) is 3.19. The van der Waals surface area contributed by atoms with Crippen molar-refractivity contribution < 1.29 is 14.6 Å². The van der Waals surface area contributed by atoms with Gasteiger partial charge in [0.05, 0.1) is 0 Å². The van der Waals surface area contributed by atoms with Crippen LogP contribution in [0.4, 0.5) is 0 Å². The molecule has 0 aromatic heterocycles. The number of aliphatic hydroxyl groups is 1. The quantitative estimate of drug-likeness (QED) is 0.442. The van der Waals surface area contributed by atoms with Crippen molar-refractivity contribution in [2.45, 2.75) is 34.0 Å². The lowest BCUT2D eigenvalue weighted by atomic mass is 9.96. The molecule has 0 aromatic carbocycles. The zero-order chi connectivity index (χ0) is 8.36. The summed E-state index contributed by atoms with van der Waals surface area (Å²) in [4.78, 5) is 10.3. The Bertz CT molecular complexity index is 123. The lowest BCUT2D eigenvalue weighted by Crippen LogP contribution is -2.30. The second-order valence-corrected chi connectivity index (χ2v) is 3.33. The lowest BCUT2D eigenvalue weighted by Gasteiger charge is -2.24. The molecular weight excluding hydrogens is 132 g/mol. The van der Waals surface area contributed by atoms with Gasteiger partial charge < -0.3 is 9.84 Å². The van der Waals surface area contributed by atoms with Crippen LogP contribution in [0.5, 0.6) is 0 Å². The molecule has 0 aliphatic rings. The Morgan fingerprint density at radius 2 is 1.90 bits per heavy atom. The SMILES string of the molecule is CC(=O)OC(O)C(C)(C)C. The number of carbonyl (C=O) groups is 1. The molecule has 3 nitrogen and oxygen atoms in total. The third kappa shape index (κ3) is 3.45. The van der Waals surface area contributed by atoms with Crippen LogP contribution in [0.3, 0.4) is 0 Å². The highest BCUT2D eigenvalue weighted by atomic mass is 16.6. The molecule has 0 heterocycles. The highest BCUT2D eigenvalue weighted by Crippen LogP contribution is 2.19. The summed E-state index contributed by atoms with van der Waals surface area (Å²) in [6.07, 6.45) is -1.01. The summed E-state index contributed by atoms with van der Waals surface area (Å²) in [6.45, 7) is 6.65. The van der Waals surface area contributed by atoms with Gasteiger partial charge in [-0.15, -0.1) is 0 Å². The average Bonchev–Trinajstić information content (AvgIpc) is 1.60. The number of esters is 1. The van der Waals surface area contributed by atoms with Crippen LogP contribution >= 0.6 is 0 Å². The van der Waals surface area contributed by atoms with E-state index in [-0.39, 0.29) is 0 Å². The van der Waals surface area contributed by atoms with Crippen molar-refractivity contribution in [2.75, 3.05) is 0 Å². The molecule has 0 saturated heterocycles. The first kappa shape index (κ1) is 9.43. The van der Waals surface area contributed by atoms with Gasteiger partial charge >= 0.3 is 5.97 Å². The predicted molar refractivity (Wildman–Crippen MR) is 37.2 cm³/mol. The maximum Gasteiger partial charge on any atom is 0.304 e. The van der Waals surface area contributed by atoms with Crippen LogP contribution in [0.1, 0.15) is 27.7 Å². The van der Waals surface area contributed by atoms with Gasteiger partial charge in [0, 0.05) is 12.3 Å². The second kappa shape index (κ2) is 3.01. The predicted octanol–water partition coefficient (Wildman–Crippen LogP) is 0.914. The molecule has 0 bridgehead atoms. The number of carbonyl (C=O) groups excluding carboxylic acids is 1. The van der Waals surface area contributed by atoms with E-state index in [4.69, 9.17) is 5.11 Å². The fourth-order valence-corrected chi connectivity index (χ4v) is 0.334. The van der Waals surface area contributed by atoms with Crippen LogP contribution in [0, 0.1) is 5.41 Å². The Balaban J connectivity index is 3.85. The number of hydrogen-bond donors (Lipinski definition) is 1. The number of rotatable bonds is 1. The van der Waals surface area contributed by atoms with Gasteiger partial charge in [-0.2, -0.15) is 0 Å². The van der Waals surface area contributed by atoms with Gasteiger partial charge in [0.15, 0.2) is 0 Å². The third-order valence-corrected chi connectivity index (χ3v) is 1.02. The summed E-state index contributed by atoms with van der Waals surface area (Å²) in [5.41, 5.74) is -0.397. The number of hydrogen-bond acceptors (Lipinski definition) is 3. The summed E-state index contributed by atoms with van der Waals surface area (Å²) in [5, 5.41) is 9.11. The van der Waals surface area contributed by atoms with E-state index in [1.165, 1.54) is 6.92 Å². The van der Waals surface area contributed by atoms with Gasteiger partial charge in [-0.1, -0.05) is 20.8 Å². The van der Waals surface area contributed by atoms with E-state index in [9.17, 15) is 4.79 Å². The van der Waals surface area contributed by atoms with Crippen molar-refractivity contribution in [3.05, 3.63) is 0 Å². The van der Waals surface area contributed by atoms with Crippen LogP contribution < -0.4 is 0 Å². The highest BCUT2D eigenvalue weighted by molar-refractivity contribution is 5.66. The van der Waals surface area contributed by atoms with Gasteiger partial charge in [0.25, 0.3) is 0 Å². The monoisotopic (exact) mass is 146 g/mol. The van der Waals surface area contributed by atoms with E-state index in [0.29, 0.717) is 0 Å². The van der Waals surface area contributed by atoms with E-state index >= 15 is 0 Å². The normalized spacial score (nSPS) is 14.5. The van der Waals surface area contributed by atoms with Gasteiger partial charge in [0.1, 0.15) is 0 Å². The molecule has 1 atom stereocenters. The van der Waals surface area contributed by atoms with Gasteiger partial charge in [-0.3, -0.25) is 4.79 Å². The molecule has 0 rings (SSSR count). The molecular formula is C7H14O3. The molecule has 1 N–H and O–H groups in total. The molecule has 1 unspecified atom stereocenters. The molecule has 0 fully saturated rings. The number of aliphatic hydroxyl groups excluding tert-OH is 1. The molecule has 60 valence electrons. The zero-order valence-corrected chi connectivity index (χ0v) is 6.84. The van der Waals surface area contributed by atoms with Crippen LogP contribution in [0.15, 0.2) is 0 Å². The molecule has 0 saturated carbocycles. The fourth-order valence-electron chi connectivity index (χ4n) is 0.334. The largest absolute Gasteiger partial charge is 0.436 e. The van der Waals surface area contributed by atoms with E-state index in [1.54, 1.807) is 20.8 Å². The molecule has 10 heavy (non-hydrogen) atoms. The Labute approximate surface area is 61.0 Å². The van der Waals surface area contributed by atoms with E-state index in [2.05, 4.69) is 4.74 Å². The standard InChI is InChI=1S/C7H14O3/c1-5(8)10-6(9)7(2,3)4/h6,9H,1-4H3. The first-order chi connectivity index (χ1) is 4.34. The average molecular weight is 146 g/mol. The third-order valence-electron chi connectivity index (χ3n) is 1.02. The molecule has 0 spiro atoms.